The first kappa shape index (κ1) is 40.6. The van der Waals surface area contributed by atoms with Crippen molar-refractivity contribution in [3.05, 3.63) is 78.0 Å². The van der Waals surface area contributed by atoms with Gasteiger partial charge in [0.2, 0.25) is 5.91 Å². The molecule has 0 saturated carbocycles. The molecule has 3 amide bonds. The highest BCUT2D eigenvalue weighted by Gasteiger charge is 2.38. The number of hydrogen-bond acceptors (Lipinski definition) is 10. The Bertz CT molecular complexity index is 2040. The number of nitrogen functional groups attached to an aromatic ring is 1. The number of carbonyl (C=O) groups is 3. The number of benzene rings is 3. The van der Waals surface area contributed by atoms with Crippen molar-refractivity contribution >= 4 is 55.7 Å². The third-order valence-corrected chi connectivity index (χ3v) is 9.70. The van der Waals surface area contributed by atoms with Crippen molar-refractivity contribution in [2.24, 2.45) is 0 Å². The summed E-state index contributed by atoms with van der Waals surface area (Å²) in [7, 11) is 2.50. The zero-order valence-corrected chi connectivity index (χ0v) is 29.8. The number of carbonyl (C=O) groups excluding carboxylic acids is 2. The van der Waals surface area contributed by atoms with Crippen molar-refractivity contribution in [3.8, 4) is 11.5 Å². The SMILES string of the molecule is COc1ccc([C@@H](Nc2ccc3c(N)nccc3c2)C(=O)NCc2cc(NC(=O)N(C)C)ccc2S(=O)(=O)C(C)C)cc1OC.O=C(O)C(F)(F)F. The topological polar surface area (TPSA) is 202 Å². The lowest BCUT2D eigenvalue weighted by molar-refractivity contribution is -0.192. The number of nitrogens with zero attached hydrogens (tertiary/aromatic N) is 2. The minimum atomic E-state index is -5.08. The van der Waals surface area contributed by atoms with Crippen LogP contribution in [0.1, 0.15) is 31.0 Å². The lowest BCUT2D eigenvalue weighted by Gasteiger charge is -2.22. The van der Waals surface area contributed by atoms with Gasteiger partial charge in [-0.25, -0.2) is 23.0 Å². The Labute approximate surface area is 298 Å². The van der Waals surface area contributed by atoms with Gasteiger partial charge in [-0.2, -0.15) is 13.2 Å². The van der Waals surface area contributed by atoms with Crippen LogP contribution in [0.15, 0.2) is 71.8 Å². The number of pyridine rings is 1. The summed E-state index contributed by atoms with van der Waals surface area (Å²) >= 11 is 0. The molecule has 4 rings (SSSR count). The van der Waals surface area contributed by atoms with E-state index in [0.29, 0.717) is 39.8 Å². The number of sulfone groups is 1. The van der Waals surface area contributed by atoms with Gasteiger partial charge in [0.25, 0.3) is 0 Å². The molecular formula is C34H39F3N6O8S. The number of ether oxygens (including phenoxy) is 2. The number of nitrogens with one attached hydrogen (secondary N) is 3. The van der Waals surface area contributed by atoms with Gasteiger partial charge in [0.15, 0.2) is 21.3 Å². The number of aliphatic carboxylic acids is 1. The second-order valence-electron chi connectivity index (χ2n) is 11.6. The number of rotatable bonds is 11. The number of methoxy groups -OCH3 is 2. The molecule has 1 aromatic heterocycles. The first-order valence-electron chi connectivity index (χ1n) is 15.4. The fourth-order valence-electron chi connectivity index (χ4n) is 4.64. The summed E-state index contributed by atoms with van der Waals surface area (Å²) in [6.45, 7) is 3.05. The predicted octanol–water partition coefficient (Wildman–Crippen LogP) is 5.21. The molecule has 4 aromatic rings. The molecule has 6 N–H and O–H groups in total. The van der Waals surface area contributed by atoms with E-state index < -0.39 is 39.2 Å². The molecule has 0 aliphatic carbocycles. The molecule has 14 nitrogen and oxygen atoms in total. The van der Waals surface area contributed by atoms with Gasteiger partial charge in [-0.1, -0.05) is 6.07 Å². The molecule has 0 unspecified atom stereocenters. The van der Waals surface area contributed by atoms with Crippen molar-refractivity contribution in [2.75, 3.05) is 44.7 Å². The smallest absolute Gasteiger partial charge is 0.490 e. The van der Waals surface area contributed by atoms with E-state index in [0.717, 1.165) is 10.8 Å². The quantitative estimate of drug-likeness (QED) is 0.135. The van der Waals surface area contributed by atoms with Gasteiger partial charge in [0.05, 0.1) is 24.4 Å². The maximum absolute atomic E-state index is 13.9. The van der Waals surface area contributed by atoms with E-state index in [-0.39, 0.29) is 17.5 Å². The van der Waals surface area contributed by atoms with E-state index in [2.05, 4.69) is 20.9 Å². The Morgan fingerprint density at radius 1 is 0.942 bits per heavy atom. The zero-order chi connectivity index (χ0) is 39.0. The number of fused-ring (bicyclic) bond motifs is 1. The molecule has 0 aliphatic heterocycles. The number of aromatic nitrogens is 1. The maximum atomic E-state index is 13.9. The summed E-state index contributed by atoms with van der Waals surface area (Å²) < 4.78 is 69.1. The molecule has 3 aromatic carbocycles. The molecule has 1 atom stereocenters. The molecule has 0 fully saturated rings. The average Bonchev–Trinajstić information content (AvgIpc) is 3.09. The van der Waals surface area contributed by atoms with Crippen LogP contribution in [0, 0.1) is 0 Å². The summed E-state index contributed by atoms with van der Waals surface area (Å²) in [4.78, 5) is 40.7. The number of nitrogens with two attached hydrogens (primary N) is 1. The second-order valence-corrected chi connectivity index (χ2v) is 14.1. The van der Waals surface area contributed by atoms with Crippen LogP contribution in [0.3, 0.4) is 0 Å². The highest BCUT2D eigenvalue weighted by atomic mass is 32.2. The third kappa shape index (κ3) is 10.1. The Morgan fingerprint density at radius 3 is 2.15 bits per heavy atom. The molecule has 280 valence electrons. The van der Waals surface area contributed by atoms with Crippen LogP contribution < -0.4 is 31.2 Å². The van der Waals surface area contributed by atoms with Crippen molar-refractivity contribution in [3.63, 3.8) is 0 Å². The minimum Gasteiger partial charge on any atom is -0.493 e. The maximum Gasteiger partial charge on any atom is 0.490 e. The molecular weight excluding hydrogens is 709 g/mol. The standard InChI is InChI=1S/C32H38N6O6S.C2HF3O2/c1-19(2)45(41,42)28-12-9-24(37-32(40)38(3)4)16-22(28)18-35-31(39)29(21-7-11-26(43-5)27(17-21)44-6)36-23-8-10-25-20(15-23)13-14-34-30(25)33;3-2(4,5)1(6)7/h7-17,19,29,36H,18H2,1-6H3,(H2,33,34)(H,35,39)(H,37,40);(H,6,7)/t29-;/m1./s1. The van der Waals surface area contributed by atoms with E-state index in [1.165, 1.54) is 31.3 Å². The Balaban J connectivity index is 0.000000944. The Kier molecular flexibility index (Phi) is 13.3. The van der Waals surface area contributed by atoms with Crippen LogP contribution in [0.2, 0.25) is 0 Å². The minimum absolute atomic E-state index is 0.0667. The number of carboxylic acids is 1. The molecule has 0 radical (unpaired) electrons. The van der Waals surface area contributed by atoms with Crippen LogP contribution in [-0.4, -0.2) is 81.1 Å². The first-order valence-corrected chi connectivity index (χ1v) is 16.9. The van der Waals surface area contributed by atoms with Gasteiger partial charge >= 0.3 is 18.2 Å². The van der Waals surface area contributed by atoms with Crippen molar-refractivity contribution < 1.29 is 50.6 Å². The van der Waals surface area contributed by atoms with Gasteiger partial charge in [-0.3, -0.25) is 4.79 Å². The number of halogens is 3. The number of anilines is 3. The molecule has 52 heavy (non-hydrogen) atoms. The molecule has 0 spiro atoms. The predicted molar refractivity (Wildman–Crippen MR) is 189 cm³/mol. The van der Waals surface area contributed by atoms with E-state index in [4.69, 9.17) is 25.1 Å². The third-order valence-electron chi connectivity index (χ3n) is 7.45. The normalized spacial score (nSPS) is 11.9. The average molecular weight is 749 g/mol. The van der Waals surface area contributed by atoms with Crippen molar-refractivity contribution in [1.29, 1.82) is 0 Å². The molecule has 18 heteroatoms. The van der Waals surface area contributed by atoms with Gasteiger partial charge in [0.1, 0.15) is 11.9 Å². The van der Waals surface area contributed by atoms with E-state index >= 15 is 0 Å². The molecule has 0 bridgehead atoms. The summed E-state index contributed by atoms with van der Waals surface area (Å²) in [5.41, 5.74) is 7.95. The van der Waals surface area contributed by atoms with Crippen LogP contribution in [0.5, 0.6) is 11.5 Å². The Morgan fingerprint density at radius 2 is 1.58 bits per heavy atom. The van der Waals surface area contributed by atoms with Crippen LogP contribution in [-0.2, 0) is 26.0 Å². The zero-order valence-electron chi connectivity index (χ0n) is 29.0. The van der Waals surface area contributed by atoms with Crippen LogP contribution in [0.25, 0.3) is 10.8 Å². The fraction of sp³-hybridized carbons (Fsp3) is 0.294. The summed E-state index contributed by atoms with van der Waals surface area (Å²) in [5.74, 6) is -1.88. The first-order chi connectivity index (χ1) is 24.3. The van der Waals surface area contributed by atoms with Gasteiger partial charge in [-0.05, 0) is 85.0 Å². The molecule has 0 aliphatic rings. The number of carboxylic acid groups (broad SMARTS) is 1. The highest BCUT2D eigenvalue weighted by Crippen LogP contribution is 2.33. The number of urea groups is 1. The molecule has 0 saturated heterocycles. The lowest BCUT2D eigenvalue weighted by atomic mass is 10.0. The number of alkyl halides is 3. The number of hydrogen-bond donors (Lipinski definition) is 5. The largest absolute Gasteiger partial charge is 0.493 e. The summed E-state index contributed by atoms with van der Waals surface area (Å²) in [5, 5.41) is 16.9. The molecule has 1 heterocycles. The van der Waals surface area contributed by atoms with Gasteiger partial charge < -0.3 is 41.2 Å². The van der Waals surface area contributed by atoms with Crippen molar-refractivity contribution in [1.82, 2.24) is 15.2 Å². The van der Waals surface area contributed by atoms with Gasteiger partial charge in [0, 0.05) is 43.6 Å². The number of amides is 3. The Hall–Kier alpha value is -5.78. The van der Waals surface area contributed by atoms with Crippen LogP contribution >= 0.6 is 0 Å². The second kappa shape index (κ2) is 17.0. The fourth-order valence-corrected chi connectivity index (χ4v) is 5.90. The summed E-state index contributed by atoms with van der Waals surface area (Å²) in [6, 6.07) is 15.7. The highest BCUT2D eigenvalue weighted by molar-refractivity contribution is 7.92. The summed E-state index contributed by atoms with van der Waals surface area (Å²) in [6.07, 6.45) is -3.47. The van der Waals surface area contributed by atoms with E-state index in [9.17, 15) is 31.2 Å². The van der Waals surface area contributed by atoms with E-state index in [1.54, 1.807) is 64.5 Å². The van der Waals surface area contributed by atoms with Crippen molar-refractivity contribution in [2.45, 2.75) is 42.8 Å². The van der Waals surface area contributed by atoms with Crippen LogP contribution in [0.4, 0.5) is 35.2 Å². The van der Waals surface area contributed by atoms with Gasteiger partial charge in [-0.15, -0.1) is 0 Å². The monoisotopic (exact) mass is 748 g/mol. The van der Waals surface area contributed by atoms with E-state index in [1.807, 2.05) is 18.2 Å². The lowest BCUT2D eigenvalue weighted by Crippen LogP contribution is -2.34.